The third kappa shape index (κ3) is 2.55. The van der Waals surface area contributed by atoms with Gasteiger partial charge in [0.1, 0.15) is 16.5 Å². The van der Waals surface area contributed by atoms with E-state index in [1.807, 2.05) is 13.0 Å². The molecule has 0 bridgehead atoms. The van der Waals surface area contributed by atoms with Gasteiger partial charge >= 0.3 is 0 Å². The molecule has 0 saturated heterocycles. The van der Waals surface area contributed by atoms with Gasteiger partial charge in [-0.05, 0) is 50.6 Å². The van der Waals surface area contributed by atoms with Gasteiger partial charge in [0.05, 0.1) is 5.39 Å². The van der Waals surface area contributed by atoms with Crippen LogP contribution in [0.5, 0.6) is 0 Å². The van der Waals surface area contributed by atoms with Crippen LogP contribution in [0.1, 0.15) is 16.3 Å². The fourth-order valence-electron chi connectivity index (χ4n) is 2.14. The number of aryl methyl sites for hydroxylation is 3. The van der Waals surface area contributed by atoms with Crippen molar-refractivity contribution in [2.45, 2.75) is 20.8 Å². The largest absolute Gasteiger partial charge is 0.339 e. The fourth-order valence-corrected chi connectivity index (χ4v) is 3.54. The molecule has 1 aromatic carbocycles. The normalized spacial score (nSPS) is 11.0. The molecule has 0 fully saturated rings. The lowest BCUT2D eigenvalue weighted by Gasteiger charge is -2.10. The highest BCUT2D eigenvalue weighted by Gasteiger charge is 2.10. The monoisotopic (exact) mass is 347 g/mol. The van der Waals surface area contributed by atoms with E-state index in [2.05, 4.69) is 63.3 Å². The average molecular weight is 348 g/mol. The topological polar surface area (TPSA) is 37.8 Å². The highest BCUT2D eigenvalue weighted by Crippen LogP contribution is 2.31. The Hall–Kier alpha value is -1.46. The number of thiophene rings is 1. The van der Waals surface area contributed by atoms with Crippen molar-refractivity contribution in [3.8, 4) is 0 Å². The Bertz CT molecular complexity index is 795. The van der Waals surface area contributed by atoms with Gasteiger partial charge in [-0.15, -0.1) is 11.3 Å². The first-order valence-corrected chi connectivity index (χ1v) is 7.92. The maximum absolute atomic E-state index is 4.55. The molecule has 0 atom stereocenters. The van der Waals surface area contributed by atoms with Gasteiger partial charge in [0.2, 0.25) is 0 Å². The SMILES string of the molecule is Cc1nc(Nc2ccc(Br)cc2C)c2cc(C)sc2n1. The van der Waals surface area contributed by atoms with Gasteiger partial charge in [-0.2, -0.15) is 0 Å². The average Bonchev–Trinajstić information content (AvgIpc) is 2.73. The van der Waals surface area contributed by atoms with E-state index in [1.165, 1.54) is 10.4 Å². The maximum atomic E-state index is 4.55. The van der Waals surface area contributed by atoms with Crippen molar-refractivity contribution >= 4 is 49.0 Å². The van der Waals surface area contributed by atoms with Gasteiger partial charge in [0.15, 0.2) is 0 Å². The van der Waals surface area contributed by atoms with Crippen LogP contribution in [0.25, 0.3) is 10.2 Å². The Balaban J connectivity index is 2.10. The molecule has 0 spiro atoms. The fraction of sp³-hybridized carbons (Fsp3) is 0.200. The van der Waals surface area contributed by atoms with Gasteiger partial charge in [0.25, 0.3) is 0 Å². The second kappa shape index (κ2) is 5.14. The second-order valence-electron chi connectivity index (χ2n) is 4.78. The number of benzene rings is 1. The molecule has 0 aliphatic carbocycles. The van der Waals surface area contributed by atoms with Crippen molar-refractivity contribution in [2.75, 3.05) is 5.32 Å². The van der Waals surface area contributed by atoms with Crippen LogP contribution in [0.4, 0.5) is 11.5 Å². The lowest BCUT2D eigenvalue weighted by atomic mass is 10.2. The summed E-state index contributed by atoms with van der Waals surface area (Å²) in [5.74, 6) is 1.67. The molecule has 20 heavy (non-hydrogen) atoms. The molecular weight excluding hydrogens is 334 g/mol. The first kappa shape index (κ1) is 13.5. The summed E-state index contributed by atoms with van der Waals surface area (Å²) < 4.78 is 1.08. The van der Waals surface area contributed by atoms with Crippen LogP contribution in [0.2, 0.25) is 0 Å². The number of fused-ring (bicyclic) bond motifs is 1. The Morgan fingerprint density at radius 3 is 2.65 bits per heavy atom. The molecule has 0 unspecified atom stereocenters. The van der Waals surface area contributed by atoms with Crippen molar-refractivity contribution in [3.05, 3.63) is 45.0 Å². The Kier molecular flexibility index (Phi) is 3.48. The predicted molar refractivity (Wildman–Crippen MR) is 89.1 cm³/mol. The Morgan fingerprint density at radius 2 is 1.90 bits per heavy atom. The number of aromatic nitrogens is 2. The molecule has 0 aliphatic rings. The number of rotatable bonds is 2. The van der Waals surface area contributed by atoms with Crippen LogP contribution in [-0.2, 0) is 0 Å². The predicted octanol–water partition coefficient (Wildman–Crippen LogP) is 5.12. The number of anilines is 2. The van der Waals surface area contributed by atoms with Crippen LogP contribution >= 0.6 is 27.3 Å². The zero-order valence-corrected chi connectivity index (χ0v) is 13.9. The zero-order valence-electron chi connectivity index (χ0n) is 11.5. The summed E-state index contributed by atoms with van der Waals surface area (Å²) in [7, 11) is 0. The van der Waals surface area contributed by atoms with E-state index in [0.29, 0.717) is 0 Å². The molecular formula is C15H14BrN3S. The van der Waals surface area contributed by atoms with E-state index < -0.39 is 0 Å². The van der Waals surface area contributed by atoms with E-state index in [9.17, 15) is 0 Å². The summed E-state index contributed by atoms with van der Waals surface area (Å²) in [5, 5.41) is 4.52. The molecule has 1 N–H and O–H groups in total. The molecule has 0 radical (unpaired) electrons. The molecule has 2 heterocycles. The highest BCUT2D eigenvalue weighted by atomic mass is 79.9. The molecule has 5 heteroatoms. The molecule has 3 rings (SSSR count). The summed E-state index contributed by atoms with van der Waals surface area (Å²) in [4.78, 5) is 11.3. The third-order valence-corrected chi connectivity index (χ3v) is 4.51. The van der Waals surface area contributed by atoms with Crippen LogP contribution in [0.3, 0.4) is 0 Å². The first-order chi connectivity index (χ1) is 9.52. The standard InChI is InChI=1S/C15H14BrN3S/c1-8-6-11(16)4-5-13(8)19-14-12-7-9(2)20-15(12)18-10(3)17-14/h4-7H,1-3H3,(H,17,18,19). The maximum Gasteiger partial charge on any atom is 0.142 e. The number of hydrogen-bond donors (Lipinski definition) is 1. The summed E-state index contributed by atoms with van der Waals surface area (Å²) in [6, 6.07) is 8.31. The molecule has 102 valence electrons. The summed E-state index contributed by atoms with van der Waals surface area (Å²) >= 11 is 5.18. The Labute approximate surface area is 130 Å². The van der Waals surface area contributed by atoms with Crippen molar-refractivity contribution in [2.24, 2.45) is 0 Å². The molecule has 3 aromatic rings. The van der Waals surface area contributed by atoms with E-state index in [0.717, 1.165) is 32.0 Å². The zero-order chi connectivity index (χ0) is 14.3. The van der Waals surface area contributed by atoms with Crippen LogP contribution < -0.4 is 5.32 Å². The number of nitrogens with zero attached hydrogens (tertiary/aromatic N) is 2. The molecule has 0 amide bonds. The minimum absolute atomic E-state index is 0.789. The Morgan fingerprint density at radius 1 is 1.10 bits per heavy atom. The van der Waals surface area contributed by atoms with Gasteiger partial charge in [-0.1, -0.05) is 15.9 Å². The first-order valence-electron chi connectivity index (χ1n) is 6.31. The van der Waals surface area contributed by atoms with Crippen LogP contribution in [0, 0.1) is 20.8 Å². The van der Waals surface area contributed by atoms with Crippen LogP contribution in [-0.4, -0.2) is 9.97 Å². The molecule has 0 saturated carbocycles. The van der Waals surface area contributed by atoms with Crippen LogP contribution in [0.15, 0.2) is 28.7 Å². The minimum Gasteiger partial charge on any atom is -0.339 e. The van der Waals surface area contributed by atoms with E-state index in [1.54, 1.807) is 11.3 Å². The summed E-state index contributed by atoms with van der Waals surface area (Å²) in [6.07, 6.45) is 0. The molecule has 2 aromatic heterocycles. The van der Waals surface area contributed by atoms with Crippen molar-refractivity contribution in [3.63, 3.8) is 0 Å². The van der Waals surface area contributed by atoms with E-state index >= 15 is 0 Å². The van der Waals surface area contributed by atoms with Crippen molar-refractivity contribution < 1.29 is 0 Å². The minimum atomic E-state index is 0.789. The van der Waals surface area contributed by atoms with Crippen molar-refractivity contribution in [1.29, 1.82) is 0 Å². The van der Waals surface area contributed by atoms with Gasteiger partial charge in [0, 0.05) is 15.0 Å². The number of hydrogen-bond acceptors (Lipinski definition) is 4. The number of halogens is 1. The quantitative estimate of drug-likeness (QED) is 0.698. The third-order valence-electron chi connectivity index (χ3n) is 3.07. The van der Waals surface area contributed by atoms with E-state index in [-0.39, 0.29) is 0 Å². The molecule has 3 nitrogen and oxygen atoms in total. The van der Waals surface area contributed by atoms with Gasteiger partial charge in [-0.25, -0.2) is 9.97 Å². The summed E-state index contributed by atoms with van der Waals surface area (Å²) in [6.45, 7) is 6.10. The smallest absolute Gasteiger partial charge is 0.142 e. The second-order valence-corrected chi connectivity index (χ2v) is 6.93. The van der Waals surface area contributed by atoms with Gasteiger partial charge < -0.3 is 5.32 Å². The van der Waals surface area contributed by atoms with Crippen molar-refractivity contribution in [1.82, 2.24) is 9.97 Å². The van der Waals surface area contributed by atoms with E-state index in [4.69, 9.17) is 0 Å². The number of nitrogens with one attached hydrogen (secondary N) is 1. The lowest BCUT2D eigenvalue weighted by Crippen LogP contribution is -1.99. The lowest BCUT2D eigenvalue weighted by molar-refractivity contribution is 1.10. The van der Waals surface area contributed by atoms with Gasteiger partial charge in [-0.3, -0.25) is 0 Å². The summed E-state index contributed by atoms with van der Waals surface area (Å²) in [5.41, 5.74) is 2.24. The molecule has 0 aliphatic heterocycles. The highest BCUT2D eigenvalue weighted by molar-refractivity contribution is 9.10.